The van der Waals surface area contributed by atoms with Gasteiger partial charge in [-0.1, -0.05) is 0 Å². The first kappa shape index (κ1) is 18.1. The Morgan fingerprint density at radius 3 is 2.78 bits per heavy atom. The fourth-order valence-corrected chi connectivity index (χ4v) is 3.96. The standard InChI is InChI=1S/C18H20F3N5O/c1-25-15-7-26(6-14(15)24-18(25)17(21)23)10-5-13(22)16(27-8-10)11-4-9(19)2-3-12(11)20/h2-4,10,13,16,23H,5-8,22H2,1H3/t10?,13?,16-/m1/s1. The molecule has 0 aliphatic carbocycles. The molecular weight excluding hydrogens is 359 g/mol. The highest BCUT2D eigenvalue weighted by molar-refractivity contribution is 5.87. The van der Waals surface area contributed by atoms with E-state index in [1.54, 1.807) is 11.6 Å². The van der Waals surface area contributed by atoms with Gasteiger partial charge >= 0.3 is 0 Å². The molecule has 2 aliphatic rings. The van der Waals surface area contributed by atoms with Crippen molar-refractivity contribution >= 4 is 5.97 Å². The molecule has 4 rings (SSSR count). The lowest BCUT2D eigenvalue weighted by Crippen LogP contribution is -2.47. The monoisotopic (exact) mass is 379 g/mol. The molecule has 27 heavy (non-hydrogen) atoms. The van der Waals surface area contributed by atoms with Crippen molar-refractivity contribution in [3.05, 3.63) is 52.6 Å². The number of nitrogens with zero attached hydrogens (tertiary/aromatic N) is 3. The predicted molar refractivity (Wildman–Crippen MR) is 91.8 cm³/mol. The molecule has 2 aliphatic heterocycles. The van der Waals surface area contributed by atoms with Gasteiger partial charge in [0.2, 0.25) is 5.97 Å². The maximum absolute atomic E-state index is 14.0. The first-order chi connectivity index (χ1) is 12.8. The average molecular weight is 379 g/mol. The summed E-state index contributed by atoms with van der Waals surface area (Å²) in [6.45, 7) is 1.39. The summed E-state index contributed by atoms with van der Waals surface area (Å²) in [6.07, 6.45) is -0.140. The maximum Gasteiger partial charge on any atom is 0.248 e. The van der Waals surface area contributed by atoms with Crippen LogP contribution in [-0.2, 0) is 24.9 Å². The van der Waals surface area contributed by atoms with E-state index in [-0.39, 0.29) is 17.4 Å². The third-order valence-electron chi connectivity index (χ3n) is 5.38. The van der Waals surface area contributed by atoms with Gasteiger partial charge in [-0.25, -0.2) is 13.8 Å². The summed E-state index contributed by atoms with van der Waals surface area (Å²) in [5, 5.41) is 7.14. The molecule has 0 bridgehead atoms. The second-order valence-corrected chi connectivity index (χ2v) is 7.08. The van der Waals surface area contributed by atoms with Gasteiger partial charge in [0.1, 0.15) is 17.7 Å². The highest BCUT2D eigenvalue weighted by Gasteiger charge is 2.38. The van der Waals surface area contributed by atoms with Gasteiger partial charge in [0.15, 0.2) is 5.82 Å². The van der Waals surface area contributed by atoms with Crippen LogP contribution in [0.25, 0.3) is 0 Å². The largest absolute Gasteiger partial charge is 0.370 e. The molecule has 0 saturated carbocycles. The van der Waals surface area contributed by atoms with E-state index < -0.39 is 29.7 Å². The smallest absolute Gasteiger partial charge is 0.248 e. The molecule has 1 aromatic heterocycles. The molecule has 1 aromatic carbocycles. The number of ether oxygens (including phenoxy) is 1. The van der Waals surface area contributed by atoms with E-state index in [9.17, 15) is 13.2 Å². The summed E-state index contributed by atoms with van der Waals surface area (Å²) < 4.78 is 48.1. The Morgan fingerprint density at radius 1 is 1.33 bits per heavy atom. The van der Waals surface area contributed by atoms with Crippen LogP contribution in [0.15, 0.2) is 18.2 Å². The quantitative estimate of drug-likeness (QED) is 0.801. The molecule has 1 fully saturated rings. The van der Waals surface area contributed by atoms with Crippen molar-refractivity contribution in [2.24, 2.45) is 12.8 Å². The van der Waals surface area contributed by atoms with Crippen LogP contribution in [0.3, 0.4) is 0 Å². The normalized spacial score (nSPS) is 25.6. The van der Waals surface area contributed by atoms with Crippen molar-refractivity contribution < 1.29 is 17.9 Å². The molecule has 1 saturated heterocycles. The Hall–Kier alpha value is -2.23. The van der Waals surface area contributed by atoms with E-state index in [1.165, 1.54) is 0 Å². The average Bonchev–Trinajstić information content (AvgIpc) is 3.17. The number of rotatable bonds is 3. The highest BCUT2D eigenvalue weighted by atomic mass is 19.1. The van der Waals surface area contributed by atoms with Gasteiger partial charge in [0.25, 0.3) is 0 Å². The lowest BCUT2D eigenvalue weighted by Gasteiger charge is -2.38. The van der Waals surface area contributed by atoms with Crippen LogP contribution < -0.4 is 5.73 Å². The van der Waals surface area contributed by atoms with Crippen LogP contribution in [0.4, 0.5) is 13.2 Å². The minimum Gasteiger partial charge on any atom is -0.370 e. The molecule has 0 amide bonds. The van der Waals surface area contributed by atoms with Crippen LogP contribution in [0.1, 0.15) is 35.3 Å². The Labute approximate surface area is 154 Å². The van der Waals surface area contributed by atoms with Crippen molar-refractivity contribution in [2.75, 3.05) is 6.61 Å². The Bertz CT molecular complexity index is 899. The summed E-state index contributed by atoms with van der Waals surface area (Å²) in [4.78, 5) is 6.32. The van der Waals surface area contributed by atoms with Crippen molar-refractivity contribution in [3.8, 4) is 0 Å². The maximum atomic E-state index is 14.0. The van der Waals surface area contributed by atoms with Gasteiger partial charge in [-0.05, 0) is 24.6 Å². The fourth-order valence-electron chi connectivity index (χ4n) is 3.96. The molecule has 3 N–H and O–H groups in total. The van der Waals surface area contributed by atoms with E-state index in [2.05, 4.69) is 9.88 Å². The molecule has 2 unspecified atom stereocenters. The molecule has 2 aromatic rings. The van der Waals surface area contributed by atoms with E-state index in [1.807, 2.05) is 0 Å². The molecule has 6 nitrogen and oxygen atoms in total. The number of nitrogens with one attached hydrogen (secondary N) is 1. The van der Waals surface area contributed by atoms with Crippen LogP contribution in [0, 0.1) is 17.0 Å². The molecule has 9 heteroatoms. The number of fused-ring (bicyclic) bond motifs is 1. The van der Waals surface area contributed by atoms with Crippen LogP contribution in [-0.4, -0.2) is 39.1 Å². The van der Waals surface area contributed by atoms with E-state index in [0.717, 1.165) is 29.6 Å². The summed E-state index contributed by atoms with van der Waals surface area (Å²) in [5.74, 6) is -2.09. The molecular formula is C18H20F3N5O. The fraction of sp³-hybridized carbons (Fsp3) is 0.444. The second-order valence-electron chi connectivity index (χ2n) is 7.08. The Morgan fingerprint density at radius 2 is 2.11 bits per heavy atom. The first-order valence-electron chi connectivity index (χ1n) is 8.70. The number of halogens is 3. The van der Waals surface area contributed by atoms with Crippen LogP contribution in [0.5, 0.6) is 0 Å². The molecule has 3 atom stereocenters. The zero-order valence-electron chi connectivity index (χ0n) is 14.8. The molecule has 144 valence electrons. The third kappa shape index (κ3) is 3.15. The van der Waals surface area contributed by atoms with Crippen molar-refractivity contribution in [1.82, 2.24) is 14.5 Å². The second kappa shape index (κ2) is 6.74. The lowest BCUT2D eigenvalue weighted by molar-refractivity contribution is -0.0535. The summed E-state index contributed by atoms with van der Waals surface area (Å²) in [6, 6.07) is 2.79. The van der Waals surface area contributed by atoms with Crippen LogP contribution in [0.2, 0.25) is 0 Å². The van der Waals surface area contributed by atoms with E-state index >= 15 is 0 Å². The molecule has 0 radical (unpaired) electrons. The van der Waals surface area contributed by atoms with Gasteiger partial charge in [0, 0.05) is 37.8 Å². The molecule has 3 heterocycles. The van der Waals surface area contributed by atoms with Crippen molar-refractivity contribution in [2.45, 2.75) is 37.7 Å². The van der Waals surface area contributed by atoms with Crippen molar-refractivity contribution in [1.29, 1.82) is 5.41 Å². The summed E-state index contributed by atoms with van der Waals surface area (Å²) in [5.41, 5.74) is 7.96. The van der Waals surface area contributed by atoms with E-state index in [4.69, 9.17) is 15.9 Å². The SMILES string of the molecule is Cn1c(C(=N)F)nc2c1CN(C1CO[C@H](c3cc(F)ccc3F)C(N)C1)C2. The lowest BCUT2D eigenvalue weighted by atomic mass is 9.93. The van der Waals surface area contributed by atoms with Crippen LogP contribution >= 0.6 is 0 Å². The topological polar surface area (TPSA) is 80.2 Å². The summed E-state index contributed by atoms with van der Waals surface area (Å²) in [7, 11) is 1.69. The zero-order valence-corrected chi connectivity index (χ0v) is 14.8. The first-order valence-corrected chi connectivity index (χ1v) is 8.70. The van der Waals surface area contributed by atoms with E-state index in [0.29, 0.717) is 26.1 Å². The number of imidazole rings is 1. The van der Waals surface area contributed by atoms with Gasteiger partial charge in [0.05, 0.1) is 18.0 Å². The predicted octanol–water partition coefficient (Wildman–Crippen LogP) is 2.17. The minimum absolute atomic E-state index is 0.00431. The Kier molecular flexibility index (Phi) is 4.53. The van der Waals surface area contributed by atoms with Gasteiger partial charge < -0.3 is 15.0 Å². The third-order valence-corrected chi connectivity index (χ3v) is 5.38. The minimum atomic E-state index is -1.05. The van der Waals surface area contributed by atoms with Crippen molar-refractivity contribution in [3.63, 3.8) is 0 Å². The number of hydrogen-bond acceptors (Lipinski definition) is 5. The zero-order chi connectivity index (χ0) is 19.3. The van der Waals surface area contributed by atoms with Gasteiger partial charge in [-0.15, -0.1) is 0 Å². The number of aromatic nitrogens is 2. The number of benzene rings is 1. The van der Waals surface area contributed by atoms with Gasteiger partial charge in [-0.3, -0.25) is 10.3 Å². The highest BCUT2D eigenvalue weighted by Crippen LogP contribution is 2.34. The van der Waals surface area contributed by atoms with Gasteiger partial charge in [-0.2, -0.15) is 4.39 Å². The number of hydrogen-bond donors (Lipinski definition) is 2. The number of nitrogens with two attached hydrogens (primary N) is 1. The summed E-state index contributed by atoms with van der Waals surface area (Å²) >= 11 is 0. The molecule has 0 spiro atoms. The Balaban J connectivity index is 1.46.